The van der Waals surface area contributed by atoms with E-state index in [0.29, 0.717) is 19.8 Å². The molecule has 0 radical (unpaired) electrons. The van der Waals surface area contributed by atoms with Crippen LogP contribution in [0.3, 0.4) is 0 Å². The molecule has 0 aromatic carbocycles. The fourth-order valence-electron chi connectivity index (χ4n) is 1.66. The molecule has 7 nitrogen and oxygen atoms in total. The molecule has 7 heteroatoms. The van der Waals surface area contributed by atoms with Gasteiger partial charge < -0.3 is 25.7 Å². The highest BCUT2D eigenvalue weighted by molar-refractivity contribution is 6.05. The second kappa shape index (κ2) is 5.53. The molecule has 18 heavy (non-hydrogen) atoms. The van der Waals surface area contributed by atoms with Crippen LogP contribution in [0.5, 0.6) is 0 Å². The van der Waals surface area contributed by atoms with Gasteiger partial charge in [0.15, 0.2) is 5.84 Å². The van der Waals surface area contributed by atoms with E-state index in [0.717, 1.165) is 6.42 Å². The lowest BCUT2D eigenvalue weighted by Gasteiger charge is -2.28. The monoisotopic (exact) mass is 259 g/mol. The molecule has 104 valence electrons. The number of rotatable bonds is 5. The van der Waals surface area contributed by atoms with Crippen LogP contribution in [0.1, 0.15) is 20.3 Å². The molecule has 0 saturated carbocycles. The number of carbonyl (C=O) groups excluding carboxylic acids is 1. The maximum atomic E-state index is 12.0. The number of oxime groups is 1. The van der Waals surface area contributed by atoms with Crippen LogP contribution in [0.15, 0.2) is 5.16 Å². The van der Waals surface area contributed by atoms with Crippen molar-refractivity contribution in [2.75, 3.05) is 26.9 Å². The quantitative estimate of drug-likeness (QED) is 0.271. The van der Waals surface area contributed by atoms with Gasteiger partial charge in [0.05, 0.1) is 6.61 Å². The summed E-state index contributed by atoms with van der Waals surface area (Å²) in [5, 5.41) is 14.3. The zero-order valence-electron chi connectivity index (χ0n) is 11.0. The molecule has 0 spiro atoms. The predicted molar refractivity (Wildman–Crippen MR) is 65.4 cm³/mol. The zero-order chi connectivity index (χ0) is 13.8. The van der Waals surface area contributed by atoms with E-state index in [1.165, 1.54) is 0 Å². The number of ether oxygens (including phenoxy) is 2. The van der Waals surface area contributed by atoms with Gasteiger partial charge in [-0.3, -0.25) is 4.79 Å². The maximum absolute atomic E-state index is 12.0. The van der Waals surface area contributed by atoms with Crippen LogP contribution < -0.4 is 11.1 Å². The van der Waals surface area contributed by atoms with E-state index in [4.69, 9.17) is 20.4 Å². The summed E-state index contributed by atoms with van der Waals surface area (Å²) in [4.78, 5) is 12.0. The summed E-state index contributed by atoms with van der Waals surface area (Å²) in [7, 11) is 1.59. The lowest BCUT2D eigenvalue weighted by molar-refractivity contribution is -0.128. The molecule has 1 aliphatic heterocycles. The Balaban J connectivity index is 2.60. The van der Waals surface area contributed by atoms with Gasteiger partial charge in [-0.25, -0.2) is 0 Å². The van der Waals surface area contributed by atoms with Gasteiger partial charge >= 0.3 is 0 Å². The van der Waals surface area contributed by atoms with Gasteiger partial charge in [0.1, 0.15) is 11.0 Å². The summed E-state index contributed by atoms with van der Waals surface area (Å²) in [6.07, 6.45) is 0.730. The summed E-state index contributed by atoms with van der Waals surface area (Å²) < 4.78 is 10.7. The Morgan fingerprint density at radius 3 is 2.78 bits per heavy atom. The smallest absolute Gasteiger partial charge is 0.233 e. The van der Waals surface area contributed by atoms with E-state index in [1.807, 2.05) is 0 Å². The van der Waals surface area contributed by atoms with E-state index in [-0.39, 0.29) is 11.7 Å². The third-order valence-corrected chi connectivity index (χ3v) is 3.39. The second-order valence-corrected chi connectivity index (χ2v) is 4.98. The van der Waals surface area contributed by atoms with Crippen molar-refractivity contribution in [1.82, 2.24) is 5.32 Å². The molecule has 4 N–H and O–H groups in total. The summed E-state index contributed by atoms with van der Waals surface area (Å²) >= 11 is 0. The number of hydrogen-bond acceptors (Lipinski definition) is 5. The molecule has 0 aliphatic carbocycles. The molecule has 1 amide bonds. The number of amidine groups is 1. The number of nitrogens with one attached hydrogen (secondary N) is 1. The Morgan fingerprint density at radius 1 is 1.67 bits per heavy atom. The van der Waals surface area contributed by atoms with Crippen molar-refractivity contribution >= 4 is 11.7 Å². The normalized spacial score (nSPS) is 25.2. The molecule has 1 heterocycles. The minimum Gasteiger partial charge on any atom is -0.409 e. The minimum absolute atomic E-state index is 0.130. The fourth-order valence-corrected chi connectivity index (χ4v) is 1.66. The fraction of sp³-hybridized carbons (Fsp3) is 0.818. The third-order valence-electron chi connectivity index (χ3n) is 3.39. The number of nitrogens with two attached hydrogens (primary N) is 1. The summed E-state index contributed by atoms with van der Waals surface area (Å²) in [6.45, 7) is 4.58. The third kappa shape index (κ3) is 2.91. The molecule has 0 aromatic heterocycles. The summed E-state index contributed by atoms with van der Waals surface area (Å²) in [5.74, 6) is -0.449. The van der Waals surface area contributed by atoms with Crippen LogP contribution in [-0.2, 0) is 14.3 Å². The first-order valence-corrected chi connectivity index (χ1v) is 5.77. The maximum Gasteiger partial charge on any atom is 0.233 e. The van der Waals surface area contributed by atoms with Crippen molar-refractivity contribution in [3.8, 4) is 0 Å². The number of amides is 1. The van der Waals surface area contributed by atoms with Gasteiger partial charge in [0.25, 0.3) is 0 Å². The molecule has 1 unspecified atom stereocenters. The van der Waals surface area contributed by atoms with E-state index >= 15 is 0 Å². The largest absolute Gasteiger partial charge is 0.409 e. The first kappa shape index (κ1) is 14.7. The summed E-state index contributed by atoms with van der Waals surface area (Å²) in [6, 6.07) is 0. The van der Waals surface area contributed by atoms with Crippen LogP contribution in [-0.4, -0.2) is 49.4 Å². The van der Waals surface area contributed by atoms with E-state index < -0.39 is 11.0 Å². The van der Waals surface area contributed by atoms with Crippen LogP contribution in [0.25, 0.3) is 0 Å². The molecule has 1 rings (SSSR count). The lowest BCUT2D eigenvalue weighted by Crippen LogP contribution is -2.51. The van der Waals surface area contributed by atoms with Crippen LogP contribution >= 0.6 is 0 Å². The van der Waals surface area contributed by atoms with Crippen molar-refractivity contribution in [2.24, 2.45) is 16.3 Å². The van der Waals surface area contributed by atoms with Crippen molar-refractivity contribution in [2.45, 2.75) is 25.9 Å². The highest BCUT2D eigenvalue weighted by Gasteiger charge is 2.38. The van der Waals surface area contributed by atoms with E-state index in [1.54, 1.807) is 21.0 Å². The molecule has 0 bridgehead atoms. The van der Waals surface area contributed by atoms with Crippen molar-refractivity contribution in [3.05, 3.63) is 0 Å². The van der Waals surface area contributed by atoms with E-state index in [2.05, 4.69) is 10.5 Å². The van der Waals surface area contributed by atoms with Crippen LogP contribution in [0.4, 0.5) is 0 Å². The Kier molecular flexibility index (Phi) is 4.53. The Morgan fingerprint density at radius 2 is 2.33 bits per heavy atom. The van der Waals surface area contributed by atoms with E-state index in [9.17, 15) is 4.79 Å². The first-order valence-electron chi connectivity index (χ1n) is 5.77. The molecular weight excluding hydrogens is 238 g/mol. The van der Waals surface area contributed by atoms with Crippen molar-refractivity contribution < 1.29 is 19.5 Å². The Hall–Kier alpha value is -1.34. The Bertz CT molecular complexity index is 335. The minimum atomic E-state index is -1.07. The number of carbonyl (C=O) groups is 1. The average molecular weight is 259 g/mol. The first-order chi connectivity index (χ1) is 8.38. The van der Waals surface area contributed by atoms with Gasteiger partial charge in [-0.1, -0.05) is 5.16 Å². The zero-order valence-corrected chi connectivity index (χ0v) is 11.0. The van der Waals surface area contributed by atoms with Gasteiger partial charge in [-0.2, -0.15) is 0 Å². The predicted octanol–water partition coefficient (Wildman–Crippen LogP) is -0.319. The topological polar surface area (TPSA) is 106 Å². The van der Waals surface area contributed by atoms with Crippen LogP contribution in [0, 0.1) is 5.41 Å². The standard InChI is InChI=1S/C11H21N3O4/c1-10(2,8(12)14-16)9(15)13-6-11(17-3)4-5-18-7-11/h16H,4-7H2,1-3H3,(H2,12,14)(H,13,15). The highest BCUT2D eigenvalue weighted by atomic mass is 16.5. The Labute approximate surface area is 106 Å². The van der Waals surface area contributed by atoms with Crippen LogP contribution in [0.2, 0.25) is 0 Å². The molecule has 1 saturated heterocycles. The van der Waals surface area contributed by atoms with Gasteiger partial charge in [0.2, 0.25) is 5.91 Å². The van der Waals surface area contributed by atoms with Crippen molar-refractivity contribution in [1.29, 1.82) is 0 Å². The highest BCUT2D eigenvalue weighted by Crippen LogP contribution is 2.22. The van der Waals surface area contributed by atoms with Gasteiger partial charge in [0, 0.05) is 26.7 Å². The number of methoxy groups -OCH3 is 1. The molecule has 1 aliphatic rings. The molecular formula is C11H21N3O4. The molecule has 1 atom stereocenters. The second-order valence-electron chi connectivity index (χ2n) is 4.98. The lowest BCUT2D eigenvalue weighted by atomic mass is 9.90. The number of hydrogen-bond donors (Lipinski definition) is 3. The SMILES string of the molecule is COC1(CNC(=O)C(C)(C)C(N)=NO)CCOC1. The average Bonchev–Trinajstić information content (AvgIpc) is 2.84. The summed E-state index contributed by atoms with van der Waals surface area (Å²) in [5.41, 5.74) is 3.94. The van der Waals surface area contributed by atoms with Gasteiger partial charge in [-0.15, -0.1) is 0 Å². The van der Waals surface area contributed by atoms with Crippen molar-refractivity contribution in [3.63, 3.8) is 0 Å². The molecule has 0 aromatic rings. The van der Waals surface area contributed by atoms with Gasteiger partial charge in [-0.05, 0) is 13.8 Å². The molecule has 1 fully saturated rings. The number of nitrogens with zero attached hydrogens (tertiary/aromatic N) is 1.